The van der Waals surface area contributed by atoms with Gasteiger partial charge in [0, 0.05) is 11.6 Å². The molecule has 0 saturated heterocycles. The Balaban J connectivity index is 2.68. The molecule has 0 saturated carbocycles. The SMILES string of the molecule is CCC(C)c1cnn2c(N)cc(Cl)nc12. The number of nitrogens with two attached hydrogens (primary N) is 1. The number of hydrogen-bond acceptors (Lipinski definition) is 3. The highest BCUT2D eigenvalue weighted by Gasteiger charge is 2.13. The molecule has 0 spiro atoms. The zero-order chi connectivity index (χ0) is 11.0. The van der Waals surface area contributed by atoms with Gasteiger partial charge >= 0.3 is 0 Å². The van der Waals surface area contributed by atoms with Crippen LogP contribution in [0.5, 0.6) is 0 Å². The summed E-state index contributed by atoms with van der Waals surface area (Å²) in [4.78, 5) is 4.25. The Morgan fingerprint density at radius 1 is 1.60 bits per heavy atom. The van der Waals surface area contributed by atoms with Gasteiger partial charge in [-0.15, -0.1) is 0 Å². The molecule has 1 unspecified atom stereocenters. The average molecular weight is 225 g/mol. The van der Waals surface area contributed by atoms with Crippen LogP contribution in [0.4, 0.5) is 5.82 Å². The summed E-state index contributed by atoms with van der Waals surface area (Å²) >= 11 is 5.87. The second kappa shape index (κ2) is 3.70. The van der Waals surface area contributed by atoms with Crippen molar-refractivity contribution in [3.05, 3.63) is 23.0 Å². The number of fused-ring (bicyclic) bond motifs is 1. The lowest BCUT2D eigenvalue weighted by Crippen LogP contribution is -2.01. The Morgan fingerprint density at radius 3 is 3.00 bits per heavy atom. The molecule has 15 heavy (non-hydrogen) atoms. The van der Waals surface area contributed by atoms with Crippen LogP contribution in [0.3, 0.4) is 0 Å². The van der Waals surface area contributed by atoms with Gasteiger partial charge in [-0.2, -0.15) is 9.61 Å². The summed E-state index contributed by atoms with van der Waals surface area (Å²) in [5.74, 6) is 0.924. The van der Waals surface area contributed by atoms with Crippen LogP contribution in [-0.2, 0) is 0 Å². The molecule has 0 aliphatic heterocycles. The van der Waals surface area contributed by atoms with Crippen molar-refractivity contribution in [3.63, 3.8) is 0 Å². The maximum Gasteiger partial charge on any atom is 0.162 e. The van der Waals surface area contributed by atoms with Gasteiger partial charge in [-0.1, -0.05) is 25.4 Å². The fraction of sp³-hybridized carbons (Fsp3) is 0.400. The molecule has 0 fully saturated rings. The van der Waals surface area contributed by atoms with E-state index in [1.54, 1.807) is 10.6 Å². The number of rotatable bonds is 2. The first-order chi connectivity index (χ1) is 7.13. The lowest BCUT2D eigenvalue weighted by Gasteiger charge is -2.06. The van der Waals surface area contributed by atoms with Crippen LogP contribution in [0.15, 0.2) is 12.3 Å². The Bertz CT molecular complexity index is 491. The molecule has 1 atom stereocenters. The maximum atomic E-state index is 5.87. The lowest BCUT2D eigenvalue weighted by molar-refractivity contribution is 0.737. The van der Waals surface area contributed by atoms with E-state index in [1.165, 1.54) is 0 Å². The van der Waals surface area contributed by atoms with Crippen molar-refractivity contribution < 1.29 is 0 Å². The monoisotopic (exact) mass is 224 g/mol. The topological polar surface area (TPSA) is 56.2 Å². The van der Waals surface area contributed by atoms with E-state index in [1.807, 2.05) is 6.20 Å². The van der Waals surface area contributed by atoms with Crippen molar-refractivity contribution in [1.29, 1.82) is 0 Å². The standard InChI is InChI=1S/C10H13ClN4/c1-3-6(2)7-5-13-15-9(12)4-8(11)14-10(7)15/h4-6H,3,12H2,1-2H3. The van der Waals surface area contributed by atoms with E-state index in [9.17, 15) is 0 Å². The van der Waals surface area contributed by atoms with Gasteiger partial charge in [0.05, 0.1) is 6.20 Å². The summed E-state index contributed by atoms with van der Waals surface area (Å²) in [6.07, 6.45) is 2.85. The predicted octanol–water partition coefficient (Wildman–Crippen LogP) is 2.48. The minimum absolute atomic E-state index is 0.407. The molecule has 0 radical (unpaired) electrons. The lowest BCUT2D eigenvalue weighted by atomic mass is 10.0. The smallest absolute Gasteiger partial charge is 0.162 e. The minimum atomic E-state index is 0.407. The zero-order valence-electron chi connectivity index (χ0n) is 8.74. The summed E-state index contributed by atoms with van der Waals surface area (Å²) in [5.41, 5.74) is 7.64. The van der Waals surface area contributed by atoms with E-state index >= 15 is 0 Å². The molecule has 2 rings (SSSR count). The van der Waals surface area contributed by atoms with Crippen LogP contribution in [0.1, 0.15) is 31.7 Å². The first kappa shape index (κ1) is 10.2. The van der Waals surface area contributed by atoms with Crippen molar-refractivity contribution in [2.45, 2.75) is 26.2 Å². The minimum Gasteiger partial charge on any atom is -0.383 e. The van der Waals surface area contributed by atoms with Gasteiger partial charge in [-0.05, 0) is 12.3 Å². The quantitative estimate of drug-likeness (QED) is 0.798. The van der Waals surface area contributed by atoms with Crippen LogP contribution >= 0.6 is 11.6 Å². The van der Waals surface area contributed by atoms with Crippen LogP contribution in [0.2, 0.25) is 5.15 Å². The normalized spacial score (nSPS) is 13.3. The first-order valence-electron chi connectivity index (χ1n) is 4.93. The molecule has 0 amide bonds. The molecule has 5 heteroatoms. The third-order valence-electron chi connectivity index (χ3n) is 2.64. The third-order valence-corrected chi connectivity index (χ3v) is 2.83. The molecule has 2 heterocycles. The largest absolute Gasteiger partial charge is 0.383 e. The molecular formula is C10H13ClN4. The Morgan fingerprint density at radius 2 is 2.33 bits per heavy atom. The Hall–Kier alpha value is -1.29. The van der Waals surface area contributed by atoms with Crippen molar-refractivity contribution >= 4 is 23.1 Å². The molecule has 2 aromatic rings. The highest BCUT2D eigenvalue weighted by molar-refractivity contribution is 6.29. The average Bonchev–Trinajstić information content (AvgIpc) is 2.60. The highest BCUT2D eigenvalue weighted by Crippen LogP contribution is 2.24. The van der Waals surface area contributed by atoms with Crippen LogP contribution in [-0.4, -0.2) is 14.6 Å². The van der Waals surface area contributed by atoms with Gasteiger partial charge in [0.1, 0.15) is 11.0 Å². The van der Waals surface area contributed by atoms with Crippen molar-refractivity contribution in [1.82, 2.24) is 14.6 Å². The molecular weight excluding hydrogens is 212 g/mol. The third kappa shape index (κ3) is 1.65. The van der Waals surface area contributed by atoms with Crippen LogP contribution < -0.4 is 5.73 Å². The van der Waals surface area contributed by atoms with E-state index in [0.717, 1.165) is 17.6 Å². The van der Waals surface area contributed by atoms with E-state index in [0.29, 0.717) is 16.9 Å². The highest BCUT2D eigenvalue weighted by atomic mass is 35.5. The fourth-order valence-corrected chi connectivity index (χ4v) is 1.73. The van der Waals surface area contributed by atoms with E-state index in [2.05, 4.69) is 23.9 Å². The molecule has 2 aromatic heterocycles. The Kier molecular flexibility index (Phi) is 2.52. The second-order valence-electron chi connectivity index (χ2n) is 3.65. The number of nitrogens with zero attached hydrogens (tertiary/aromatic N) is 3. The molecule has 80 valence electrons. The Labute approximate surface area is 93.1 Å². The maximum absolute atomic E-state index is 5.87. The number of nitrogen functional groups attached to an aromatic ring is 1. The molecule has 0 aliphatic carbocycles. The van der Waals surface area contributed by atoms with Crippen LogP contribution in [0.25, 0.3) is 5.65 Å². The van der Waals surface area contributed by atoms with Gasteiger partial charge < -0.3 is 5.73 Å². The van der Waals surface area contributed by atoms with Crippen molar-refractivity contribution in [2.24, 2.45) is 0 Å². The number of hydrogen-bond donors (Lipinski definition) is 1. The van der Waals surface area contributed by atoms with E-state index < -0.39 is 0 Å². The van der Waals surface area contributed by atoms with Gasteiger partial charge in [-0.25, -0.2) is 4.98 Å². The molecule has 4 nitrogen and oxygen atoms in total. The van der Waals surface area contributed by atoms with E-state index in [4.69, 9.17) is 17.3 Å². The number of halogens is 1. The fourth-order valence-electron chi connectivity index (χ4n) is 1.54. The first-order valence-corrected chi connectivity index (χ1v) is 5.31. The van der Waals surface area contributed by atoms with Gasteiger partial charge in [0.15, 0.2) is 5.65 Å². The van der Waals surface area contributed by atoms with Crippen molar-refractivity contribution in [2.75, 3.05) is 5.73 Å². The molecule has 0 bridgehead atoms. The van der Waals surface area contributed by atoms with Gasteiger partial charge in [-0.3, -0.25) is 0 Å². The number of anilines is 1. The second-order valence-corrected chi connectivity index (χ2v) is 4.04. The summed E-state index contributed by atoms with van der Waals surface area (Å²) in [5, 5.41) is 4.61. The van der Waals surface area contributed by atoms with E-state index in [-0.39, 0.29) is 0 Å². The molecule has 0 aromatic carbocycles. The molecule has 0 aliphatic rings. The number of aromatic nitrogens is 3. The summed E-state index contributed by atoms with van der Waals surface area (Å²) in [6.45, 7) is 4.26. The summed E-state index contributed by atoms with van der Waals surface area (Å²) < 4.78 is 1.62. The zero-order valence-corrected chi connectivity index (χ0v) is 9.49. The van der Waals surface area contributed by atoms with Gasteiger partial charge in [0.2, 0.25) is 0 Å². The molecule has 2 N–H and O–H groups in total. The van der Waals surface area contributed by atoms with Crippen LogP contribution in [0, 0.1) is 0 Å². The van der Waals surface area contributed by atoms with Crippen molar-refractivity contribution in [3.8, 4) is 0 Å². The summed E-state index contributed by atoms with van der Waals surface area (Å²) in [7, 11) is 0. The van der Waals surface area contributed by atoms with Gasteiger partial charge in [0.25, 0.3) is 0 Å². The predicted molar refractivity (Wildman–Crippen MR) is 61.1 cm³/mol. The summed E-state index contributed by atoms with van der Waals surface area (Å²) in [6, 6.07) is 1.60.